The first-order valence-electron chi connectivity index (χ1n) is 6.80. The molecule has 1 aliphatic rings. The van der Waals surface area contributed by atoms with E-state index in [0.29, 0.717) is 6.61 Å². The summed E-state index contributed by atoms with van der Waals surface area (Å²) in [6, 6.07) is 0. The van der Waals surface area contributed by atoms with Crippen molar-refractivity contribution in [3.8, 4) is 0 Å². The minimum Gasteiger partial charge on any atom is -0.420 e. The van der Waals surface area contributed by atoms with Crippen LogP contribution in [0.15, 0.2) is 0 Å². The van der Waals surface area contributed by atoms with Gasteiger partial charge in [-0.15, -0.1) is 0 Å². The Balaban J connectivity index is 2.73. The fraction of sp³-hybridized carbons (Fsp3) is 1.00. The molecule has 0 spiro atoms. The summed E-state index contributed by atoms with van der Waals surface area (Å²) in [5.41, 5.74) is 0. The Kier molecular flexibility index (Phi) is 7.84. The lowest BCUT2D eigenvalue weighted by Crippen LogP contribution is -2.54. The van der Waals surface area contributed by atoms with Crippen molar-refractivity contribution in [1.82, 2.24) is 0 Å². The summed E-state index contributed by atoms with van der Waals surface area (Å²) in [6.45, 7) is 12.8. The monoisotopic (exact) mass is 358 g/mol. The van der Waals surface area contributed by atoms with Crippen molar-refractivity contribution in [3.63, 3.8) is 0 Å². The van der Waals surface area contributed by atoms with E-state index in [1.165, 1.54) is 0 Å². The van der Waals surface area contributed by atoms with Crippen molar-refractivity contribution in [1.29, 1.82) is 0 Å². The SMILES string of the molecule is CCCO[Si]1(C)O[SiH](C)O[SiH](C)O[SiH](C)O[SiH](C)O1. The van der Waals surface area contributed by atoms with Crippen LogP contribution in [0.1, 0.15) is 13.3 Å². The van der Waals surface area contributed by atoms with Crippen LogP contribution in [0.25, 0.3) is 0 Å². The van der Waals surface area contributed by atoms with E-state index in [4.69, 9.17) is 25.0 Å². The molecule has 114 valence electrons. The predicted octanol–water partition coefficient (Wildman–Crippen LogP) is 0.479. The molecule has 11 heteroatoms. The van der Waals surface area contributed by atoms with Crippen molar-refractivity contribution < 1.29 is 25.0 Å². The maximum Gasteiger partial charge on any atom is 0.479 e. The zero-order chi connectivity index (χ0) is 14.5. The van der Waals surface area contributed by atoms with Gasteiger partial charge in [-0.3, -0.25) is 0 Å². The molecule has 0 aromatic rings. The second-order valence-electron chi connectivity index (χ2n) is 4.63. The molecule has 0 radical (unpaired) electrons. The highest BCUT2D eigenvalue weighted by molar-refractivity contribution is 6.77. The van der Waals surface area contributed by atoms with Crippen molar-refractivity contribution in [2.75, 3.05) is 6.61 Å². The summed E-state index contributed by atoms with van der Waals surface area (Å²) >= 11 is 0. The van der Waals surface area contributed by atoms with E-state index >= 15 is 0 Å². The molecule has 0 amide bonds. The van der Waals surface area contributed by atoms with E-state index in [9.17, 15) is 0 Å². The first-order valence-corrected chi connectivity index (χ1v) is 17.4. The van der Waals surface area contributed by atoms with Gasteiger partial charge in [-0.25, -0.2) is 0 Å². The van der Waals surface area contributed by atoms with Crippen LogP contribution in [0, 0.1) is 0 Å². The maximum absolute atomic E-state index is 6.03. The lowest BCUT2D eigenvalue weighted by molar-refractivity contribution is 0.150. The third kappa shape index (κ3) is 6.90. The summed E-state index contributed by atoms with van der Waals surface area (Å²) in [5, 5.41) is 0. The number of hydrogen-bond donors (Lipinski definition) is 0. The molecule has 0 saturated carbocycles. The zero-order valence-electron chi connectivity index (χ0n) is 12.7. The molecular weight excluding hydrogens is 333 g/mol. The Morgan fingerprint density at radius 3 is 1.68 bits per heavy atom. The second kappa shape index (κ2) is 8.33. The van der Waals surface area contributed by atoms with Gasteiger partial charge in [0.15, 0.2) is 0 Å². The molecule has 0 aromatic heterocycles. The van der Waals surface area contributed by atoms with Crippen LogP contribution in [-0.4, -0.2) is 52.5 Å². The second-order valence-corrected chi connectivity index (χ2v) is 16.3. The van der Waals surface area contributed by atoms with Gasteiger partial charge >= 0.3 is 27.4 Å². The molecule has 1 saturated heterocycles. The van der Waals surface area contributed by atoms with Crippen molar-refractivity contribution >= 4 is 45.9 Å². The largest absolute Gasteiger partial charge is 0.479 e. The first kappa shape index (κ1) is 17.9. The van der Waals surface area contributed by atoms with Gasteiger partial charge in [0.2, 0.25) is 0 Å². The number of rotatable bonds is 3. The molecule has 4 atom stereocenters. The smallest absolute Gasteiger partial charge is 0.420 e. The molecule has 1 rings (SSSR count). The van der Waals surface area contributed by atoms with Gasteiger partial charge in [-0.2, -0.15) is 0 Å². The normalized spacial score (nSPS) is 42.0. The van der Waals surface area contributed by atoms with E-state index in [0.717, 1.165) is 6.42 Å². The molecular formula is C8H26O6Si5. The molecule has 1 aliphatic heterocycles. The summed E-state index contributed by atoms with van der Waals surface area (Å²) in [5.74, 6) is 0. The Morgan fingerprint density at radius 2 is 1.26 bits per heavy atom. The Labute approximate surface area is 124 Å². The Morgan fingerprint density at radius 1 is 0.842 bits per heavy atom. The van der Waals surface area contributed by atoms with Crippen LogP contribution in [0.4, 0.5) is 0 Å². The topological polar surface area (TPSA) is 55.4 Å². The standard InChI is InChI=1S/C8H26O6Si5/c1-7-8-9-19(6)13-17(4)11-15(2)10-16(3)12-18(5)14-19/h15-18H,7-8H2,1-6H3. The van der Waals surface area contributed by atoms with Crippen molar-refractivity contribution in [2.45, 2.75) is 46.1 Å². The van der Waals surface area contributed by atoms with Gasteiger partial charge in [0.1, 0.15) is 0 Å². The highest BCUT2D eigenvalue weighted by Gasteiger charge is 2.41. The third-order valence-electron chi connectivity index (χ3n) is 2.48. The Bertz CT molecular complexity index is 254. The fourth-order valence-corrected chi connectivity index (χ4v) is 18.2. The van der Waals surface area contributed by atoms with Crippen molar-refractivity contribution in [2.24, 2.45) is 0 Å². The summed E-state index contributed by atoms with van der Waals surface area (Å²) in [6.07, 6.45) is 0.947. The van der Waals surface area contributed by atoms with Gasteiger partial charge in [0, 0.05) is 13.2 Å². The minimum atomic E-state index is -2.62. The van der Waals surface area contributed by atoms with E-state index < -0.39 is 45.9 Å². The van der Waals surface area contributed by atoms with Crippen LogP contribution in [0.3, 0.4) is 0 Å². The molecule has 0 aromatic carbocycles. The molecule has 0 N–H and O–H groups in total. The van der Waals surface area contributed by atoms with Crippen LogP contribution in [0.5, 0.6) is 0 Å². The molecule has 0 bridgehead atoms. The van der Waals surface area contributed by atoms with Crippen LogP contribution in [-0.2, 0) is 25.0 Å². The molecule has 1 heterocycles. The molecule has 4 unspecified atom stereocenters. The fourth-order valence-electron chi connectivity index (χ4n) is 1.92. The average Bonchev–Trinajstić information content (AvgIpc) is 2.23. The summed E-state index contributed by atoms with van der Waals surface area (Å²) in [7, 11) is -9.42. The minimum absolute atomic E-state index is 0.654. The molecule has 19 heavy (non-hydrogen) atoms. The van der Waals surface area contributed by atoms with E-state index in [1.807, 2.05) is 32.7 Å². The van der Waals surface area contributed by atoms with Gasteiger partial charge in [0.05, 0.1) is 0 Å². The lowest BCUT2D eigenvalue weighted by Gasteiger charge is -2.34. The molecule has 1 fully saturated rings. The predicted molar refractivity (Wildman–Crippen MR) is 85.3 cm³/mol. The highest BCUT2D eigenvalue weighted by Crippen LogP contribution is 2.16. The van der Waals surface area contributed by atoms with Gasteiger partial charge in [-0.1, -0.05) is 6.92 Å². The lowest BCUT2D eigenvalue weighted by atomic mass is 10.5. The van der Waals surface area contributed by atoms with Crippen LogP contribution < -0.4 is 0 Å². The maximum atomic E-state index is 6.03. The quantitative estimate of drug-likeness (QED) is 0.684. The third-order valence-corrected chi connectivity index (χ3v) is 18.5. The highest BCUT2D eigenvalue weighted by atomic mass is 28.5. The van der Waals surface area contributed by atoms with E-state index in [-0.39, 0.29) is 0 Å². The van der Waals surface area contributed by atoms with Gasteiger partial charge in [0.25, 0.3) is 18.6 Å². The summed E-state index contributed by atoms with van der Waals surface area (Å²) in [4.78, 5) is 0. The first-order chi connectivity index (χ1) is 8.84. The van der Waals surface area contributed by atoms with Gasteiger partial charge < -0.3 is 25.0 Å². The summed E-state index contributed by atoms with van der Waals surface area (Å²) < 4.78 is 35.5. The van der Waals surface area contributed by atoms with Crippen molar-refractivity contribution in [3.05, 3.63) is 0 Å². The number of hydrogen-bond acceptors (Lipinski definition) is 6. The van der Waals surface area contributed by atoms with Gasteiger partial charge in [-0.05, 0) is 32.6 Å². The molecule has 6 nitrogen and oxygen atoms in total. The van der Waals surface area contributed by atoms with Crippen LogP contribution in [0.2, 0.25) is 32.7 Å². The Hall–Kier alpha value is 0.844. The van der Waals surface area contributed by atoms with E-state index in [1.54, 1.807) is 0 Å². The zero-order valence-corrected chi connectivity index (χ0v) is 18.3. The van der Waals surface area contributed by atoms with E-state index in [2.05, 4.69) is 6.92 Å². The molecule has 0 aliphatic carbocycles. The van der Waals surface area contributed by atoms with Crippen LogP contribution >= 0.6 is 0 Å². The average molecular weight is 359 g/mol.